The third kappa shape index (κ3) is 3.95. The third-order valence-corrected chi connectivity index (χ3v) is 0.478. The molecule has 0 aliphatic heterocycles. The lowest BCUT2D eigenvalue weighted by Gasteiger charge is -1.65. The van der Waals surface area contributed by atoms with Crippen LogP contribution >= 0.6 is 8.25 Å². The standard InChI is InChI=1S/CH2FO3P/c2-1-5-6(3)4/h1H2/p+1. The molecule has 0 amide bonds. The molecule has 0 saturated heterocycles. The third-order valence-electron chi connectivity index (χ3n) is 0.159. The van der Waals surface area contributed by atoms with E-state index >= 15 is 0 Å². The molecule has 0 radical (unpaired) electrons. The van der Waals surface area contributed by atoms with Crippen molar-refractivity contribution in [2.24, 2.45) is 0 Å². The van der Waals surface area contributed by atoms with Crippen LogP contribution < -0.4 is 0 Å². The van der Waals surface area contributed by atoms with E-state index in [1.807, 2.05) is 0 Å². The molecule has 1 atom stereocenters. The normalized spacial score (nSPS) is 11.3. The molecule has 0 aliphatic carbocycles. The Bertz CT molecular complexity index is 54.8. The monoisotopic (exact) mass is 113 g/mol. The van der Waals surface area contributed by atoms with Gasteiger partial charge in [0, 0.05) is 4.57 Å². The van der Waals surface area contributed by atoms with Gasteiger partial charge in [-0.2, -0.15) is 0 Å². The van der Waals surface area contributed by atoms with E-state index in [0.717, 1.165) is 0 Å². The van der Waals surface area contributed by atoms with Gasteiger partial charge in [0.05, 0.1) is 0 Å². The Kier molecular flexibility index (Phi) is 3.13. The van der Waals surface area contributed by atoms with Gasteiger partial charge in [0.15, 0.2) is 0 Å². The van der Waals surface area contributed by atoms with E-state index < -0.39 is 15.1 Å². The van der Waals surface area contributed by atoms with Crippen molar-refractivity contribution >= 4 is 8.25 Å². The molecule has 1 N–H and O–H groups in total. The van der Waals surface area contributed by atoms with Crippen LogP contribution in [-0.4, -0.2) is 11.8 Å². The van der Waals surface area contributed by atoms with Crippen LogP contribution in [0.1, 0.15) is 0 Å². The number of alkyl halides is 1. The van der Waals surface area contributed by atoms with Gasteiger partial charge in [-0.05, 0) is 0 Å². The van der Waals surface area contributed by atoms with E-state index in [2.05, 4.69) is 4.52 Å². The van der Waals surface area contributed by atoms with Gasteiger partial charge in [0.1, 0.15) is 0 Å². The summed E-state index contributed by atoms with van der Waals surface area (Å²) in [6.45, 7) is -1.20. The summed E-state index contributed by atoms with van der Waals surface area (Å²) >= 11 is 0. The first kappa shape index (κ1) is 5.95. The maximum Gasteiger partial charge on any atom is 0.697 e. The summed E-state index contributed by atoms with van der Waals surface area (Å²) < 4.78 is 23.4. The second-order valence-corrected chi connectivity index (χ2v) is 1.21. The largest absolute Gasteiger partial charge is 0.697 e. The molecule has 0 heterocycles. The molecule has 0 fully saturated rings. The number of hydrogen-bond acceptors (Lipinski definition) is 2. The van der Waals surface area contributed by atoms with Crippen molar-refractivity contribution in [3.8, 4) is 0 Å². The summed E-state index contributed by atoms with van der Waals surface area (Å²) in [5.41, 5.74) is 0. The smallest absolute Gasteiger partial charge is 0.214 e. The molecule has 1 unspecified atom stereocenters. The van der Waals surface area contributed by atoms with Gasteiger partial charge >= 0.3 is 8.25 Å². The average molecular weight is 113 g/mol. The highest BCUT2D eigenvalue weighted by Crippen LogP contribution is 2.12. The molecule has 0 bridgehead atoms. The molecule has 5 heteroatoms. The molecule has 0 aromatic carbocycles. The van der Waals surface area contributed by atoms with E-state index in [9.17, 15) is 8.96 Å². The van der Waals surface area contributed by atoms with Crippen LogP contribution in [0.4, 0.5) is 4.39 Å². The van der Waals surface area contributed by atoms with Gasteiger partial charge in [-0.15, -0.1) is 4.89 Å². The first-order valence-electron chi connectivity index (χ1n) is 1.12. The average Bonchev–Trinajstić information content (AvgIpc) is 1.35. The molecule has 0 saturated carbocycles. The minimum absolute atomic E-state index is 1.20. The highest BCUT2D eigenvalue weighted by molar-refractivity contribution is 7.32. The fourth-order valence-electron chi connectivity index (χ4n) is 0.0417. The lowest BCUT2D eigenvalue weighted by atomic mass is 11.6. The van der Waals surface area contributed by atoms with Crippen LogP contribution in [0, 0.1) is 0 Å². The van der Waals surface area contributed by atoms with E-state index in [1.54, 1.807) is 0 Å². The highest BCUT2D eigenvalue weighted by Gasteiger charge is 2.08. The lowest BCUT2D eigenvalue weighted by Crippen LogP contribution is -1.70. The zero-order chi connectivity index (χ0) is 4.99. The second kappa shape index (κ2) is 3.15. The number of halogens is 1. The second-order valence-electron chi connectivity index (χ2n) is 0.476. The summed E-state index contributed by atoms with van der Waals surface area (Å²) in [6.07, 6.45) is 0. The lowest BCUT2D eigenvalue weighted by molar-refractivity contribution is 0.181. The predicted molar refractivity (Wildman–Crippen MR) is 16.9 cm³/mol. The maximum absolute atomic E-state index is 10.7. The zero-order valence-electron chi connectivity index (χ0n) is 2.80. The summed E-state index contributed by atoms with van der Waals surface area (Å²) in [7, 11) is -2.73. The Balaban J connectivity index is 2.83. The highest BCUT2D eigenvalue weighted by atomic mass is 31.1. The van der Waals surface area contributed by atoms with Crippen molar-refractivity contribution in [1.82, 2.24) is 0 Å². The molecular formula is CH3FO3P+. The van der Waals surface area contributed by atoms with Crippen molar-refractivity contribution in [2.45, 2.75) is 0 Å². The molecule has 3 nitrogen and oxygen atoms in total. The summed E-state index contributed by atoms with van der Waals surface area (Å²) in [4.78, 5) is 7.60. The fraction of sp³-hybridized carbons (Fsp3) is 1.00. The predicted octanol–water partition coefficient (Wildman–Crippen LogP) is 0.580. The molecule has 0 aromatic rings. The Hall–Kier alpha value is -0.0500. The topological polar surface area (TPSA) is 46.5 Å². The molecular weight excluding hydrogens is 110 g/mol. The SMILES string of the molecule is O=[P+](O)OCF. The van der Waals surface area contributed by atoms with Gasteiger partial charge < -0.3 is 0 Å². The Labute approximate surface area is 34.7 Å². The Morgan fingerprint density at radius 1 is 2.00 bits per heavy atom. The van der Waals surface area contributed by atoms with E-state index in [1.165, 1.54) is 0 Å². The van der Waals surface area contributed by atoms with Crippen LogP contribution in [-0.2, 0) is 9.09 Å². The van der Waals surface area contributed by atoms with Crippen molar-refractivity contribution < 1.29 is 18.4 Å². The summed E-state index contributed by atoms with van der Waals surface area (Å²) in [5, 5.41) is 0. The van der Waals surface area contributed by atoms with Crippen molar-refractivity contribution in [3.05, 3.63) is 0 Å². The molecule has 0 spiro atoms. The van der Waals surface area contributed by atoms with Crippen LogP contribution in [0.2, 0.25) is 0 Å². The number of hydrogen-bond donors (Lipinski definition) is 1. The van der Waals surface area contributed by atoms with Gasteiger partial charge in [-0.3, -0.25) is 0 Å². The van der Waals surface area contributed by atoms with Crippen LogP contribution in [0.5, 0.6) is 0 Å². The van der Waals surface area contributed by atoms with Gasteiger partial charge in [-0.25, -0.2) is 4.39 Å². The van der Waals surface area contributed by atoms with Crippen LogP contribution in [0.15, 0.2) is 0 Å². The van der Waals surface area contributed by atoms with Crippen molar-refractivity contribution in [1.29, 1.82) is 0 Å². The number of rotatable bonds is 2. The summed E-state index contributed by atoms with van der Waals surface area (Å²) in [5.74, 6) is 0. The van der Waals surface area contributed by atoms with E-state index in [4.69, 9.17) is 4.89 Å². The van der Waals surface area contributed by atoms with Crippen molar-refractivity contribution in [2.75, 3.05) is 6.86 Å². The Morgan fingerprint density at radius 2 is 2.50 bits per heavy atom. The molecule has 0 rings (SSSR count). The molecule has 0 aromatic heterocycles. The molecule has 36 valence electrons. The minimum Gasteiger partial charge on any atom is -0.214 e. The molecule has 6 heavy (non-hydrogen) atoms. The van der Waals surface area contributed by atoms with E-state index in [0.29, 0.717) is 0 Å². The minimum atomic E-state index is -2.73. The quantitative estimate of drug-likeness (QED) is 0.532. The zero-order valence-corrected chi connectivity index (χ0v) is 3.69. The molecule has 0 aliphatic rings. The first-order valence-corrected chi connectivity index (χ1v) is 2.25. The fourth-order valence-corrected chi connectivity index (χ4v) is 0.125. The van der Waals surface area contributed by atoms with E-state index in [-0.39, 0.29) is 0 Å². The Morgan fingerprint density at radius 3 is 2.50 bits per heavy atom. The van der Waals surface area contributed by atoms with Crippen molar-refractivity contribution in [3.63, 3.8) is 0 Å². The van der Waals surface area contributed by atoms with Gasteiger partial charge in [0.25, 0.3) is 0 Å². The summed E-state index contributed by atoms with van der Waals surface area (Å²) in [6, 6.07) is 0. The first-order chi connectivity index (χ1) is 2.77. The van der Waals surface area contributed by atoms with Gasteiger partial charge in [-0.1, -0.05) is 4.52 Å². The van der Waals surface area contributed by atoms with Crippen LogP contribution in [0.25, 0.3) is 0 Å². The van der Waals surface area contributed by atoms with Crippen LogP contribution in [0.3, 0.4) is 0 Å². The van der Waals surface area contributed by atoms with Gasteiger partial charge in [0.2, 0.25) is 6.86 Å². The maximum atomic E-state index is 10.7.